The van der Waals surface area contributed by atoms with Gasteiger partial charge < -0.3 is 15.0 Å². The van der Waals surface area contributed by atoms with Crippen LogP contribution in [0.3, 0.4) is 0 Å². The van der Waals surface area contributed by atoms with E-state index in [0.717, 1.165) is 22.9 Å². The van der Waals surface area contributed by atoms with Crippen LogP contribution in [0.5, 0.6) is 0 Å². The van der Waals surface area contributed by atoms with Crippen LogP contribution in [-0.4, -0.2) is 24.0 Å². The molecule has 1 aliphatic carbocycles. The number of H-pyrrole nitrogens is 1. The van der Waals surface area contributed by atoms with Crippen LogP contribution >= 0.6 is 11.6 Å². The van der Waals surface area contributed by atoms with Gasteiger partial charge in [-0.2, -0.15) is 0 Å². The molecule has 4 rings (SSSR count). The van der Waals surface area contributed by atoms with Crippen LogP contribution < -0.4 is 5.32 Å². The van der Waals surface area contributed by atoms with E-state index in [9.17, 15) is 4.79 Å². The van der Waals surface area contributed by atoms with Gasteiger partial charge in [0.2, 0.25) is 0 Å². The largest absolute Gasteiger partial charge is 0.445 e. The molecular formula is C16H15ClN2O2. The van der Waals surface area contributed by atoms with Crippen LogP contribution in [0.2, 0.25) is 5.02 Å². The van der Waals surface area contributed by atoms with Crippen molar-refractivity contribution in [3.05, 3.63) is 46.1 Å². The SMILES string of the molecule is CN[C@H]1Cc2c[nH]c3c(Cl)ccc(c23)[C@]12C=C(C)C(=O)O2. The molecule has 21 heavy (non-hydrogen) atoms. The summed E-state index contributed by atoms with van der Waals surface area (Å²) in [5.74, 6) is -0.252. The molecule has 0 saturated heterocycles. The molecule has 0 amide bonds. The number of rotatable bonds is 1. The number of hydrogen-bond acceptors (Lipinski definition) is 3. The van der Waals surface area contributed by atoms with E-state index in [2.05, 4.69) is 10.3 Å². The number of carbonyl (C=O) groups is 1. The molecule has 4 nitrogen and oxygen atoms in total. The Labute approximate surface area is 127 Å². The lowest BCUT2D eigenvalue weighted by Gasteiger charge is -2.39. The fraction of sp³-hybridized carbons (Fsp3) is 0.312. The van der Waals surface area contributed by atoms with Crippen molar-refractivity contribution in [1.82, 2.24) is 10.3 Å². The second-order valence-electron chi connectivity index (χ2n) is 5.71. The van der Waals surface area contributed by atoms with Crippen molar-refractivity contribution in [3.8, 4) is 0 Å². The second kappa shape index (κ2) is 4.12. The van der Waals surface area contributed by atoms with Crippen molar-refractivity contribution in [2.75, 3.05) is 7.05 Å². The third-order valence-electron chi connectivity index (χ3n) is 4.59. The summed E-state index contributed by atoms with van der Waals surface area (Å²) in [6, 6.07) is 3.83. The van der Waals surface area contributed by atoms with Gasteiger partial charge in [-0.3, -0.25) is 0 Å². The summed E-state index contributed by atoms with van der Waals surface area (Å²) in [5.41, 5.74) is 3.01. The molecule has 1 aromatic carbocycles. The molecule has 1 aliphatic heterocycles. The van der Waals surface area contributed by atoms with Crippen LogP contribution in [0.1, 0.15) is 18.1 Å². The van der Waals surface area contributed by atoms with Crippen LogP contribution in [0, 0.1) is 0 Å². The number of likely N-dealkylation sites (N-methyl/N-ethyl adjacent to an activating group) is 1. The molecule has 0 unspecified atom stereocenters. The molecule has 1 aromatic heterocycles. The lowest BCUT2D eigenvalue weighted by molar-refractivity contribution is -0.149. The van der Waals surface area contributed by atoms with Gasteiger partial charge in [0.15, 0.2) is 5.60 Å². The minimum Gasteiger partial charge on any atom is -0.445 e. The van der Waals surface area contributed by atoms with Crippen LogP contribution in [0.4, 0.5) is 0 Å². The van der Waals surface area contributed by atoms with Gasteiger partial charge in [0.25, 0.3) is 0 Å². The van der Waals surface area contributed by atoms with E-state index in [1.165, 1.54) is 5.56 Å². The molecule has 2 aromatic rings. The monoisotopic (exact) mass is 302 g/mol. The number of benzene rings is 1. The number of halogens is 1. The Morgan fingerprint density at radius 2 is 2.29 bits per heavy atom. The van der Waals surface area contributed by atoms with Gasteiger partial charge >= 0.3 is 5.97 Å². The number of fused-ring (bicyclic) bond motifs is 1. The lowest BCUT2D eigenvalue weighted by atomic mass is 9.76. The first-order valence-corrected chi connectivity index (χ1v) is 7.33. The van der Waals surface area contributed by atoms with E-state index >= 15 is 0 Å². The fourth-order valence-electron chi connectivity index (χ4n) is 3.59. The Morgan fingerprint density at radius 3 is 2.95 bits per heavy atom. The highest BCUT2D eigenvalue weighted by molar-refractivity contribution is 6.35. The van der Waals surface area contributed by atoms with Gasteiger partial charge in [-0.05, 0) is 38.1 Å². The van der Waals surface area contributed by atoms with Gasteiger partial charge in [-0.1, -0.05) is 17.7 Å². The number of esters is 1. The molecule has 2 atom stereocenters. The van der Waals surface area contributed by atoms with Gasteiger partial charge in [0.05, 0.1) is 16.6 Å². The predicted octanol–water partition coefficient (Wildman–Crippen LogP) is 2.66. The maximum absolute atomic E-state index is 12.0. The second-order valence-corrected chi connectivity index (χ2v) is 6.12. The Hall–Kier alpha value is -1.78. The summed E-state index contributed by atoms with van der Waals surface area (Å²) in [5, 5.41) is 5.06. The third kappa shape index (κ3) is 1.52. The van der Waals surface area contributed by atoms with Crippen molar-refractivity contribution >= 4 is 28.5 Å². The summed E-state index contributed by atoms with van der Waals surface area (Å²) in [6.07, 6.45) is 4.71. The topological polar surface area (TPSA) is 54.1 Å². The molecular weight excluding hydrogens is 288 g/mol. The highest BCUT2D eigenvalue weighted by Gasteiger charge is 2.50. The number of aromatic amines is 1. The van der Waals surface area contributed by atoms with E-state index in [-0.39, 0.29) is 12.0 Å². The van der Waals surface area contributed by atoms with E-state index in [0.29, 0.717) is 10.6 Å². The zero-order valence-electron chi connectivity index (χ0n) is 11.8. The van der Waals surface area contributed by atoms with Gasteiger partial charge in [0.1, 0.15) is 0 Å². The normalized spacial score (nSPS) is 27.3. The van der Waals surface area contributed by atoms with Crippen molar-refractivity contribution in [2.24, 2.45) is 0 Å². The van der Waals surface area contributed by atoms with Crippen LogP contribution in [0.15, 0.2) is 30.0 Å². The number of nitrogens with one attached hydrogen (secondary N) is 2. The zero-order chi connectivity index (χ0) is 14.8. The first kappa shape index (κ1) is 12.9. The molecule has 1 spiro atoms. The predicted molar refractivity (Wildman–Crippen MR) is 81.4 cm³/mol. The smallest absolute Gasteiger partial charge is 0.334 e. The fourth-order valence-corrected chi connectivity index (χ4v) is 3.81. The van der Waals surface area contributed by atoms with Crippen LogP contribution in [-0.2, 0) is 21.6 Å². The number of ether oxygens (including phenoxy) is 1. The molecule has 2 heterocycles. The minimum absolute atomic E-state index is 0.00609. The highest BCUT2D eigenvalue weighted by atomic mass is 35.5. The zero-order valence-corrected chi connectivity index (χ0v) is 12.5. The molecule has 0 saturated carbocycles. The number of carbonyl (C=O) groups excluding carboxylic acids is 1. The summed E-state index contributed by atoms with van der Waals surface area (Å²) >= 11 is 6.28. The summed E-state index contributed by atoms with van der Waals surface area (Å²) in [7, 11) is 1.90. The van der Waals surface area contributed by atoms with Crippen molar-refractivity contribution in [2.45, 2.75) is 25.0 Å². The Balaban J connectivity index is 2.07. The Bertz CT molecular complexity index is 808. The van der Waals surface area contributed by atoms with Gasteiger partial charge in [0, 0.05) is 22.7 Å². The van der Waals surface area contributed by atoms with Gasteiger partial charge in [-0.15, -0.1) is 0 Å². The molecule has 2 aliphatic rings. The minimum atomic E-state index is -0.742. The van der Waals surface area contributed by atoms with Crippen LogP contribution in [0.25, 0.3) is 10.9 Å². The lowest BCUT2D eigenvalue weighted by Crippen LogP contribution is -2.50. The van der Waals surface area contributed by atoms with E-state index in [4.69, 9.17) is 16.3 Å². The third-order valence-corrected chi connectivity index (χ3v) is 4.91. The number of hydrogen-bond donors (Lipinski definition) is 2. The molecule has 0 bridgehead atoms. The van der Waals surface area contributed by atoms with Crippen molar-refractivity contribution in [3.63, 3.8) is 0 Å². The van der Waals surface area contributed by atoms with E-state index < -0.39 is 5.60 Å². The molecule has 0 radical (unpaired) electrons. The molecule has 2 N–H and O–H groups in total. The maximum atomic E-state index is 12.0. The quantitative estimate of drug-likeness (QED) is 0.796. The van der Waals surface area contributed by atoms with Crippen molar-refractivity contribution < 1.29 is 9.53 Å². The molecule has 5 heteroatoms. The molecule has 0 fully saturated rings. The molecule has 108 valence electrons. The van der Waals surface area contributed by atoms with Gasteiger partial charge in [-0.25, -0.2) is 4.79 Å². The first-order valence-electron chi connectivity index (χ1n) is 6.96. The maximum Gasteiger partial charge on any atom is 0.334 e. The first-order chi connectivity index (χ1) is 10.1. The highest BCUT2D eigenvalue weighted by Crippen LogP contribution is 2.47. The summed E-state index contributed by atoms with van der Waals surface area (Å²) < 4.78 is 5.81. The Kier molecular flexibility index (Phi) is 2.53. The van der Waals surface area contributed by atoms with E-state index in [1.54, 1.807) is 6.92 Å². The summed E-state index contributed by atoms with van der Waals surface area (Å²) in [4.78, 5) is 15.2. The standard InChI is InChI=1S/C16H15ClN2O2/c1-8-6-16(21-15(8)20)10-3-4-11(17)14-13(10)9(7-19-14)5-12(16)18-2/h3-4,6-7,12,18-19H,5H2,1-2H3/t12-,16+/m0/s1. The van der Waals surface area contributed by atoms with Crippen molar-refractivity contribution in [1.29, 1.82) is 0 Å². The van der Waals surface area contributed by atoms with E-state index in [1.807, 2.05) is 31.5 Å². The average Bonchev–Trinajstić information content (AvgIpc) is 3.00. The Morgan fingerprint density at radius 1 is 1.48 bits per heavy atom. The summed E-state index contributed by atoms with van der Waals surface area (Å²) in [6.45, 7) is 1.80. The average molecular weight is 303 g/mol. The number of aromatic nitrogens is 1.